The Hall–Kier alpha value is -4.74. The third-order valence-electron chi connectivity index (χ3n) is 5.04. The fourth-order valence-corrected chi connectivity index (χ4v) is 3.40. The van der Waals surface area contributed by atoms with E-state index < -0.39 is 36.9 Å². The molecule has 0 fully saturated rings. The summed E-state index contributed by atoms with van der Waals surface area (Å²) in [5.74, 6) is -2.56. The summed E-state index contributed by atoms with van der Waals surface area (Å²) in [5, 5.41) is 19.8. The summed E-state index contributed by atoms with van der Waals surface area (Å²) in [5.41, 5.74) is 0.777. The van der Waals surface area contributed by atoms with Crippen molar-refractivity contribution in [3.63, 3.8) is 0 Å². The molecule has 3 rings (SSSR count). The van der Waals surface area contributed by atoms with Crippen molar-refractivity contribution in [2.75, 3.05) is 27.9 Å². The number of hydrogen-bond acceptors (Lipinski definition) is 9. The molecular formula is C24H23NO11. The van der Waals surface area contributed by atoms with Crippen LogP contribution in [-0.4, -0.2) is 67.8 Å². The van der Waals surface area contributed by atoms with Crippen LogP contribution in [0.2, 0.25) is 0 Å². The van der Waals surface area contributed by atoms with E-state index in [9.17, 15) is 19.2 Å². The molecule has 0 spiro atoms. The molecule has 12 nitrogen and oxygen atoms in total. The van der Waals surface area contributed by atoms with Gasteiger partial charge in [-0.25, -0.2) is 4.79 Å². The topological polar surface area (TPSA) is 167 Å². The van der Waals surface area contributed by atoms with Gasteiger partial charge in [0, 0.05) is 11.6 Å². The molecule has 2 aromatic rings. The molecule has 1 heterocycles. The predicted octanol–water partition coefficient (Wildman–Crippen LogP) is 1.75. The second-order valence-electron chi connectivity index (χ2n) is 7.37. The van der Waals surface area contributed by atoms with Gasteiger partial charge in [-0.3, -0.25) is 14.4 Å². The highest BCUT2D eigenvalue weighted by atomic mass is 16.5. The molecule has 0 bridgehead atoms. The van der Waals surface area contributed by atoms with Gasteiger partial charge in [0.1, 0.15) is 17.5 Å². The van der Waals surface area contributed by atoms with Crippen LogP contribution in [-0.2, 0) is 14.4 Å². The van der Waals surface area contributed by atoms with Crippen LogP contribution in [0.3, 0.4) is 0 Å². The quantitative estimate of drug-likeness (QED) is 0.384. The summed E-state index contributed by atoms with van der Waals surface area (Å²) in [4.78, 5) is 46.6. The zero-order valence-electron chi connectivity index (χ0n) is 19.5. The molecule has 12 heteroatoms. The zero-order chi connectivity index (χ0) is 26.4. The number of ketones is 1. The van der Waals surface area contributed by atoms with Crippen molar-refractivity contribution in [2.24, 2.45) is 0 Å². The second kappa shape index (κ2) is 11.1. The lowest BCUT2D eigenvalue weighted by molar-refractivity contribution is -0.147. The van der Waals surface area contributed by atoms with Crippen molar-refractivity contribution in [1.29, 1.82) is 0 Å². The summed E-state index contributed by atoms with van der Waals surface area (Å²) in [7, 11) is 4.39. The minimum Gasteiger partial charge on any atom is -0.493 e. The molecule has 1 aliphatic heterocycles. The highest BCUT2D eigenvalue weighted by Gasteiger charge is 2.29. The van der Waals surface area contributed by atoms with Crippen LogP contribution in [0.5, 0.6) is 28.7 Å². The average Bonchev–Trinajstić information content (AvgIpc) is 3.15. The molecule has 1 unspecified atom stereocenters. The Labute approximate surface area is 205 Å². The number of Topliss-reactive ketones (excluding diaryl/α,β-unsaturated/α-hetero) is 1. The minimum atomic E-state index is -1.60. The lowest BCUT2D eigenvalue weighted by Crippen LogP contribution is -2.44. The second-order valence-corrected chi connectivity index (χ2v) is 7.37. The molecule has 3 N–H and O–H groups in total. The number of fused-ring (bicyclic) bond motifs is 1. The number of carbonyl (C=O) groups is 4. The molecular weight excluding hydrogens is 478 g/mol. The van der Waals surface area contributed by atoms with Crippen LogP contribution in [0, 0.1) is 0 Å². The summed E-state index contributed by atoms with van der Waals surface area (Å²) in [6.45, 7) is -0.582. The van der Waals surface area contributed by atoms with Crippen molar-refractivity contribution in [2.45, 2.75) is 12.5 Å². The first-order chi connectivity index (χ1) is 17.2. The third-order valence-corrected chi connectivity index (χ3v) is 5.04. The van der Waals surface area contributed by atoms with Crippen molar-refractivity contribution in [1.82, 2.24) is 5.32 Å². The van der Waals surface area contributed by atoms with E-state index in [0.29, 0.717) is 22.8 Å². The maximum Gasteiger partial charge on any atom is 0.326 e. The molecule has 0 radical (unpaired) electrons. The van der Waals surface area contributed by atoms with Crippen molar-refractivity contribution in [3.8, 4) is 28.7 Å². The van der Waals surface area contributed by atoms with Gasteiger partial charge in [0.25, 0.3) is 5.91 Å². The Balaban J connectivity index is 1.74. The number of carbonyl (C=O) groups excluding carboxylic acids is 2. The summed E-state index contributed by atoms with van der Waals surface area (Å²) in [6.07, 6.45) is 0.710. The number of allylic oxidation sites excluding steroid dienone is 1. The van der Waals surface area contributed by atoms with Crippen molar-refractivity contribution >= 4 is 29.7 Å². The maximum atomic E-state index is 12.8. The lowest BCUT2D eigenvalue weighted by atomic mass is 10.1. The predicted molar refractivity (Wildman–Crippen MR) is 123 cm³/mol. The number of methoxy groups -OCH3 is 3. The number of amides is 1. The van der Waals surface area contributed by atoms with Gasteiger partial charge < -0.3 is 39.2 Å². The van der Waals surface area contributed by atoms with E-state index in [1.54, 1.807) is 12.1 Å². The monoisotopic (exact) mass is 501 g/mol. The van der Waals surface area contributed by atoms with Crippen molar-refractivity contribution in [3.05, 3.63) is 47.2 Å². The lowest BCUT2D eigenvalue weighted by Gasteiger charge is -2.14. The van der Waals surface area contributed by atoms with Crippen LogP contribution in [0.25, 0.3) is 6.08 Å². The van der Waals surface area contributed by atoms with Gasteiger partial charge >= 0.3 is 11.9 Å². The third kappa shape index (κ3) is 5.66. The first kappa shape index (κ1) is 25.9. The van der Waals surface area contributed by atoms with E-state index >= 15 is 0 Å². The van der Waals surface area contributed by atoms with Crippen LogP contribution in [0.1, 0.15) is 22.3 Å². The number of aliphatic carboxylic acids is 2. The Morgan fingerprint density at radius 3 is 2.36 bits per heavy atom. The van der Waals surface area contributed by atoms with E-state index in [1.165, 1.54) is 45.6 Å². The summed E-state index contributed by atoms with van der Waals surface area (Å²) < 4.78 is 27.1. The number of ether oxygens (including phenoxy) is 5. The molecule has 190 valence electrons. The van der Waals surface area contributed by atoms with Gasteiger partial charge in [-0.1, -0.05) is 0 Å². The zero-order valence-corrected chi connectivity index (χ0v) is 19.5. The van der Waals surface area contributed by atoms with Gasteiger partial charge in [0.15, 0.2) is 23.9 Å². The van der Waals surface area contributed by atoms with Gasteiger partial charge in [-0.15, -0.1) is 0 Å². The molecule has 0 saturated carbocycles. The fourth-order valence-electron chi connectivity index (χ4n) is 3.40. The van der Waals surface area contributed by atoms with E-state index in [2.05, 4.69) is 5.32 Å². The van der Waals surface area contributed by atoms with Gasteiger partial charge in [0.2, 0.25) is 11.5 Å². The average molecular weight is 501 g/mol. The van der Waals surface area contributed by atoms with Crippen LogP contribution >= 0.6 is 0 Å². The molecule has 2 aromatic carbocycles. The van der Waals surface area contributed by atoms with Crippen molar-refractivity contribution < 1.29 is 53.1 Å². The first-order valence-electron chi connectivity index (χ1n) is 10.4. The Morgan fingerprint density at radius 2 is 1.75 bits per heavy atom. The van der Waals surface area contributed by atoms with Gasteiger partial charge in [-0.05, 0) is 30.3 Å². The number of carboxylic acid groups (broad SMARTS) is 2. The number of nitrogens with one attached hydrogen (secondary N) is 1. The smallest absolute Gasteiger partial charge is 0.326 e. The summed E-state index contributed by atoms with van der Waals surface area (Å²) in [6, 6.07) is 6.04. The standard InChI is InChI=1S/C24H23NO11/c1-32-16-7-4-12(22(33-2)23(16)34-3)8-18-21(29)14-6-5-13(9-17(14)36-18)35-11-19(26)25-15(24(30)31)10-20(27)28/h4-9,15H,10-11H2,1-3H3,(H,25,26)(H,27,28)(H,30,31). The molecule has 0 aromatic heterocycles. The molecule has 0 aliphatic carbocycles. The summed E-state index contributed by atoms with van der Waals surface area (Å²) >= 11 is 0. The number of carboxylic acids is 2. The van der Waals surface area contributed by atoms with Crippen LogP contribution in [0.4, 0.5) is 0 Å². The number of hydrogen-bond donors (Lipinski definition) is 3. The maximum absolute atomic E-state index is 12.8. The number of rotatable bonds is 11. The van der Waals surface area contributed by atoms with Crippen LogP contribution in [0.15, 0.2) is 36.1 Å². The van der Waals surface area contributed by atoms with Gasteiger partial charge in [-0.2, -0.15) is 0 Å². The van der Waals surface area contributed by atoms with Gasteiger partial charge in [0.05, 0.1) is 33.3 Å². The normalized spacial score (nSPS) is 13.9. The largest absolute Gasteiger partial charge is 0.493 e. The molecule has 1 amide bonds. The highest BCUT2D eigenvalue weighted by molar-refractivity contribution is 6.14. The molecule has 1 atom stereocenters. The molecule has 1 aliphatic rings. The van der Waals surface area contributed by atoms with E-state index in [-0.39, 0.29) is 28.6 Å². The van der Waals surface area contributed by atoms with Crippen LogP contribution < -0.4 is 29.0 Å². The van der Waals surface area contributed by atoms with E-state index in [0.717, 1.165) is 0 Å². The Morgan fingerprint density at radius 1 is 1.03 bits per heavy atom. The Bertz CT molecular complexity index is 1230. The molecule has 36 heavy (non-hydrogen) atoms. The highest BCUT2D eigenvalue weighted by Crippen LogP contribution is 2.42. The number of benzene rings is 2. The van der Waals surface area contributed by atoms with E-state index in [1.807, 2.05) is 0 Å². The SMILES string of the molecule is COc1ccc(C=C2Oc3cc(OCC(=O)NC(CC(=O)O)C(=O)O)ccc3C2=O)c(OC)c1OC. The minimum absolute atomic E-state index is 0.0170. The molecule has 0 saturated heterocycles. The van der Waals surface area contributed by atoms with E-state index in [4.69, 9.17) is 33.9 Å². The Kier molecular flexibility index (Phi) is 8.00. The fraction of sp³-hybridized carbons (Fsp3) is 0.250. The first-order valence-corrected chi connectivity index (χ1v) is 10.4.